The van der Waals surface area contributed by atoms with E-state index < -0.39 is 0 Å². The minimum absolute atomic E-state index is 0.0903. The average molecular weight is 467 g/mol. The van der Waals surface area contributed by atoms with Crippen molar-refractivity contribution in [3.63, 3.8) is 0 Å². The van der Waals surface area contributed by atoms with Crippen LogP contribution in [0.1, 0.15) is 55.3 Å². The van der Waals surface area contributed by atoms with Crippen LogP contribution in [0.25, 0.3) is 10.2 Å². The van der Waals surface area contributed by atoms with E-state index in [-0.39, 0.29) is 17.6 Å². The summed E-state index contributed by atoms with van der Waals surface area (Å²) < 4.78 is 0. The summed E-state index contributed by atoms with van der Waals surface area (Å²) in [7, 11) is 0. The largest absolute Gasteiger partial charge is 0.326 e. The van der Waals surface area contributed by atoms with Gasteiger partial charge in [-0.15, -0.1) is 11.3 Å². The molecule has 2 aromatic heterocycles. The number of aryl methyl sites for hydroxylation is 1. The molecule has 0 bridgehead atoms. The van der Waals surface area contributed by atoms with Gasteiger partial charge in [-0.3, -0.25) is 9.59 Å². The molecule has 2 N–H and O–H groups in total. The fraction of sp³-hybridized carbons (Fsp3) is 0.417. The van der Waals surface area contributed by atoms with Crippen LogP contribution in [0.4, 0.5) is 11.4 Å². The van der Waals surface area contributed by atoms with E-state index in [1.165, 1.54) is 40.9 Å². The lowest BCUT2D eigenvalue weighted by molar-refractivity contribution is -0.114. The third-order valence-electron chi connectivity index (χ3n) is 5.89. The molecule has 0 radical (unpaired) electrons. The predicted molar refractivity (Wildman–Crippen MR) is 131 cm³/mol. The monoisotopic (exact) mass is 466 g/mol. The molecule has 1 saturated carbocycles. The van der Waals surface area contributed by atoms with Crippen molar-refractivity contribution in [3.8, 4) is 0 Å². The van der Waals surface area contributed by atoms with Gasteiger partial charge in [0.2, 0.25) is 11.8 Å². The van der Waals surface area contributed by atoms with Crippen LogP contribution in [-0.4, -0.2) is 27.5 Å². The van der Waals surface area contributed by atoms with E-state index in [0.717, 1.165) is 41.4 Å². The number of rotatable bonds is 6. The van der Waals surface area contributed by atoms with Crippen molar-refractivity contribution in [3.05, 3.63) is 40.5 Å². The third kappa shape index (κ3) is 4.66. The number of fused-ring (bicyclic) bond motifs is 3. The maximum atomic E-state index is 12.7. The molecule has 6 nitrogen and oxygen atoms in total. The Morgan fingerprint density at radius 2 is 1.94 bits per heavy atom. The zero-order valence-corrected chi connectivity index (χ0v) is 19.9. The number of thiophene rings is 1. The molecule has 2 aliphatic rings. The Morgan fingerprint density at radius 3 is 2.69 bits per heavy atom. The molecule has 1 unspecified atom stereocenters. The molecule has 1 atom stereocenters. The van der Waals surface area contributed by atoms with E-state index in [1.54, 1.807) is 12.1 Å². The molecule has 0 saturated heterocycles. The minimum atomic E-state index is -0.142. The van der Waals surface area contributed by atoms with E-state index in [0.29, 0.717) is 23.2 Å². The summed E-state index contributed by atoms with van der Waals surface area (Å²) in [6.07, 6.45) is 5.69. The lowest BCUT2D eigenvalue weighted by Crippen LogP contribution is -2.15. The zero-order valence-electron chi connectivity index (χ0n) is 18.2. The summed E-state index contributed by atoms with van der Waals surface area (Å²) in [5, 5.41) is 7.79. The molecular formula is C24H26N4O2S2. The van der Waals surface area contributed by atoms with Crippen molar-refractivity contribution in [1.29, 1.82) is 0 Å². The van der Waals surface area contributed by atoms with Crippen molar-refractivity contribution in [2.24, 2.45) is 5.92 Å². The number of nitrogens with zero attached hydrogens (tertiary/aromatic N) is 2. The summed E-state index contributed by atoms with van der Waals surface area (Å²) in [6, 6.07) is 7.18. The van der Waals surface area contributed by atoms with Gasteiger partial charge in [-0.25, -0.2) is 9.97 Å². The number of carbonyl (C=O) groups is 2. The van der Waals surface area contributed by atoms with E-state index in [2.05, 4.69) is 17.6 Å². The number of hydrogen-bond acceptors (Lipinski definition) is 6. The summed E-state index contributed by atoms with van der Waals surface area (Å²) in [5.74, 6) is 2.17. The third-order valence-corrected chi connectivity index (χ3v) is 8.01. The molecular weight excluding hydrogens is 440 g/mol. The Kier molecular flexibility index (Phi) is 5.90. The van der Waals surface area contributed by atoms with Crippen molar-refractivity contribution in [1.82, 2.24) is 9.97 Å². The van der Waals surface area contributed by atoms with E-state index >= 15 is 0 Å². The minimum Gasteiger partial charge on any atom is -0.326 e. The van der Waals surface area contributed by atoms with Crippen LogP contribution in [0, 0.1) is 5.92 Å². The zero-order chi connectivity index (χ0) is 22.2. The standard InChI is InChI=1S/C24H26N4O2S2/c1-13-6-9-18-19(10-13)32-24-21(18)23(27-22(28-24)15-7-8-15)31-12-20(30)26-17-5-3-4-16(11-17)25-14(2)29/h3-5,11,13,15H,6-10,12H2,1-2H3,(H,25,29)(H,26,30). The van der Waals surface area contributed by atoms with Gasteiger partial charge in [0.25, 0.3) is 0 Å². The Hall–Kier alpha value is -2.45. The number of anilines is 2. The summed E-state index contributed by atoms with van der Waals surface area (Å²) >= 11 is 3.32. The SMILES string of the molecule is CC(=O)Nc1cccc(NC(=O)CSc2nc(C3CC3)nc3sc4c(c23)CCC(C)C4)c1. The first-order chi connectivity index (χ1) is 15.5. The van der Waals surface area contributed by atoms with Crippen LogP contribution in [0.15, 0.2) is 29.3 Å². The first-order valence-corrected chi connectivity index (χ1v) is 12.9. The molecule has 2 heterocycles. The van der Waals surface area contributed by atoms with Crippen molar-refractivity contribution in [2.75, 3.05) is 16.4 Å². The van der Waals surface area contributed by atoms with Gasteiger partial charge in [0.1, 0.15) is 15.7 Å². The van der Waals surface area contributed by atoms with Gasteiger partial charge in [0.15, 0.2) is 0 Å². The predicted octanol–water partition coefficient (Wildman–Crippen LogP) is 5.38. The highest BCUT2D eigenvalue weighted by atomic mass is 32.2. The molecule has 2 aliphatic carbocycles. The highest BCUT2D eigenvalue weighted by Crippen LogP contribution is 2.44. The molecule has 8 heteroatoms. The molecule has 166 valence electrons. The molecule has 32 heavy (non-hydrogen) atoms. The first kappa shape index (κ1) is 21.4. The second-order valence-electron chi connectivity index (χ2n) is 8.79. The van der Waals surface area contributed by atoms with Crippen molar-refractivity contribution < 1.29 is 9.59 Å². The number of amides is 2. The number of hydrogen-bond donors (Lipinski definition) is 2. The molecule has 0 aliphatic heterocycles. The Labute approximate surface area is 195 Å². The lowest BCUT2D eigenvalue weighted by atomic mass is 9.89. The number of nitrogens with one attached hydrogen (secondary N) is 2. The summed E-state index contributed by atoms with van der Waals surface area (Å²) in [5.41, 5.74) is 2.72. The maximum Gasteiger partial charge on any atom is 0.234 e. The molecule has 5 rings (SSSR count). The van der Waals surface area contributed by atoms with E-state index in [1.807, 2.05) is 23.5 Å². The second kappa shape index (κ2) is 8.83. The smallest absolute Gasteiger partial charge is 0.234 e. The molecule has 0 spiro atoms. The Balaban J connectivity index is 1.35. The van der Waals surface area contributed by atoms with Crippen LogP contribution >= 0.6 is 23.1 Å². The quantitative estimate of drug-likeness (QED) is 0.376. The van der Waals surface area contributed by atoms with Crippen LogP contribution in [0.5, 0.6) is 0 Å². The van der Waals surface area contributed by atoms with Crippen molar-refractivity contribution >= 4 is 56.5 Å². The highest BCUT2D eigenvalue weighted by molar-refractivity contribution is 8.00. The van der Waals surface area contributed by atoms with Gasteiger partial charge in [0.05, 0.1) is 5.75 Å². The van der Waals surface area contributed by atoms with Gasteiger partial charge in [-0.2, -0.15) is 0 Å². The molecule has 3 aromatic rings. The molecule has 2 amide bonds. The summed E-state index contributed by atoms with van der Waals surface area (Å²) in [6.45, 7) is 3.78. The average Bonchev–Trinajstić information content (AvgIpc) is 3.52. The fourth-order valence-corrected chi connectivity index (χ4v) is 6.48. The number of benzene rings is 1. The van der Waals surface area contributed by atoms with Crippen LogP contribution in [-0.2, 0) is 22.4 Å². The van der Waals surface area contributed by atoms with Gasteiger partial charge in [-0.1, -0.05) is 24.8 Å². The number of aromatic nitrogens is 2. The Morgan fingerprint density at radius 1 is 1.16 bits per heavy atom. The molecule has 1 aromatic carbocycles. The van der Waals surface area contributed by atoms with E-state index in [4.69, 9.17) is 9.97 Å². The van der Waals surface area contributed by atoms with Crippen LogP contribution < -0.4 is 10.6 Å². The van der Waals surface area contributed by atoms with Crippen LogP contribution in [0.2, 0.25) is 0 Å². The number of carbonyl (C=O) groups excluding carboxylic acids is 2. The summed E-state index contributed by atoms with van der Waals surface area (Å²) in [4.78, 5) is 36.3. The number of thioether (sulfide) groups is 1. The normalized spacial score (nSPS) is 17.8. The molecule has 1 fully saturated rings. The Bertz CT molecular complexity index is 1200. The van der Waals surface area contributed by atoms with Gasteiger partial charge in [0, 0.05) is 34.5 Å². The first-order valence-electron chi connectivity index (χ1n) is 11.1. The van der Waals surface area contributed by atoms with Crippen molar-refractivity contribution in [2.45, 2.75) is 56.9 Å². The second-order valence-corrected chi connectivity index (χ2v) is 10.8. The lowest BCUT2D eigenvalue weighted by Gasteiger charge is -2.18. The van der Waals surface area contributed by atoms with Gasteiger partial charge in [-0.05, 0) is 61.8 Å². The maximum absolute atomic E-state index is 12.7. The van der Waals surface area contributed by atoms with Gasteiger partial charge >= 0.3 is 0 Å². The highest BCUT2D eigenvalue weighted by Gasteiger charge is 2.30. The van der Waals surface area contributed by atoms with E-state index in [9.17, 15) is 9.59 Å². The van der Waals surface area contributed by atoms with Gasteiger partial charge < -0.3 is 10.6 Å². The topological polar surface area (TPSA) is 84.0 Å². The van der Waals surface area contributed by atoms with Crippen LogP contribution in [0.3, 0.4) is 0 Å². The fourth-order valence-electron chi connectivity index (χ4n) is 4.16.